The van der Waals surface area contributed by atoms with Gasteiger partial charge in [-0.1, -0.05) is 0 Å². The minimum absolute atomic E-state index is 0.151. The van der Waals surface area contributed by atoms with Gasteiger partial charge in [0, 0.05) is 25.2 Å². The van der Waals surface area contributed by atoms with Gasteiger partial charge in [0.1, 0.15) is 12.6 Å². The highest BCUT2D eigenvalue weighted by molar-refractivity contribution is 5.77. The molecule has 2 heterocycles. The van der Waals surface area contributed by atoms with E-state index >= 15 is 0 Å². The largest absolute Gasteiger partial charge is 0.408 e. The number of hydrogen-bond donors (Lipinski definition) is 1. The van der Waals surface area contributed by atoms with Gasteiger partial charge < -0.3 is 10.2 Å². The maximum absolute atomic E-state index is 13.3. The molecule has 1 aromatic rings. The summed E-state index contributed by atoms with van der Waals surface area (Å²) >= 11 is 0. The molecule has 1 saturated heterocycles. The Morgan fingerprint density at radius 3 is 2.50 bits per heavy atom. The third kappa shape index (κ3) is 4.27. The van der Waals surface area contributed by atoms with Crippen molar-refractivity contribution < 1.29 is 22.8 Å². The average molecular weight is 346 g/mol. The zero-order valence-electron chi connectivity index (χ0n) is 13.9. The maximum Gasteiger partial charge on any atom is 0.408 e. The molecule has 0 aliphatic carbocycles. The lowest BCUT2D eigenvalue weighted by molar-refractivity contribution is -0.197. The first kappa shape index (κ1) is 18.3. The number of piperidine rings is 1. The first-order chi connectivity index (χ1) is 11.1. The minimum atomic E-state index is -4.49. The molecule has 0 aromatic carbocycles. The molecule has 6 nitrogen and oxygen atoms in total. The molecule has 1 aliphatic rings. The molecule has 134 valence electrons. The van der Waals surface area contributed by atoms with Crippen molar-refractivity contribution in [2.45, 2.75) is 58.4 Å². The molecule has 2 unspecified atom stereocenters. The molecule has 0 radical (unpaired) electrons. The summed E-state index contributed by atoms with van der Waals surface area (Å²) in [6, 6.07) is -0.539. The lowest BCUT2D eigenvalue weighted by Crippen LogP contribution is -2.58. The van der Waals surface area contributed by atoms with Crippen molar-refractivity contribution in [1.82, 2.24) is 20.0 Å². The van der Waals surface area contributed by atoms with Crippen LogP contribution in [0.3, 0.4) is 0 Å². The Kier molecular flexibility index (Phi) is 5.19. The Morgan fingerprint density at radius 2 is 2.00 bits per heavy atom. The van der Waals surface area contributed by atoms with Crippen molar-refractivity contribution in [3.63, 3.8) is 0 Å². The summed E-state index contributed by atoms with van der Waals surface area (Å²) in [5, 5.41) is 6.71. The Balaban J connectivity index is 2.17. The fourth-order valence-electron chi connectivity index (χ4n) is 3.05. The second kappa shape index (κ2) is 6.82. The van der Waals surface area contributed by atoms with Crippen LogP contribution in [0.4, 0.5) is 13.2 Å². The van der Waals surface area contributed by atoms with Gasteiger partial charge in [-0.05, 0) is 32.8 Å². The number of rotatable bonds is 3. The summed E-state index contributed by atoms with van der Waals surface area (Å²) in [6.45, 7) is 4.39. The molecular formula is C15H21F3N4O2. The van der Waals surface area contributed by atoms with Crippen LogP contribution in [-0.2, 0) is 16.1 Å². The topological polar surface area (TPSA) is 67.2 Å². The van der Waals surface area contributed by atoms with E-state index in [-0.39, 0.29) is 31.8 Å². The first-order valence-corrected chi connectivity index (χ1v) is 7.72. The van der Waals surface area contributed by atoms with Gasteiger partial charge in [-0.2, -0.15) is 18.3 Å². The number of carbonyl (C=O) groups excluding carboxylic acids is 2. The normalized spacial score (nSPS) is 21.7. The standard InChI is InChI=1S/C15H21F3N4O2/c1-9-6-10(2)22(20-9)8-14(24)21-7-12(19-11(3)23)4-5-13(21)15(16,17)18/h6,12-13H,4-5,7-8H2,1-3H3,(H,19,23). The van der Waals surface area contributed by atoms with Crippen molar-refractivity contribution >= 4 is 11.8 Å². The van der Waals surface area contributed by atoms with Crippen LogP contribution in [0.15, 0.2) is 6.07 Å². The van der Waals surface area contributed by atoms with Crippen LogP contribution in [0.2, 0.25) is 0 Å². The Morgan fingerprint density at radius 1 is 1.33 bits per heavy atom. The predicted molar refractivity (Wildman–Crippen MR) is 80.1 cm³/mol. The van der Waals surface area contributed by atoms with Crippen molar-refractivity contribution in [2.24, 2.45) is 0 Å². The number of likely N-dealkylation sites (tertiary alicyclic amines) is 1. The molecule has 1 N–H and O–H groups in total. The van der Waals surface area contributed by atoms with E-state index in [1.807, 2.05) is 0 Å². The van der Waals surface area contributed by atoms with Crippen molar-refractivity contribution in [2.75, 3.05) is 6.54 Å². The van der Waals surface area contributed by atoms with Crippen LogP contribution < -0.4 is 5.32 Å². The number of nitrogens with one attached hydrogen (secondary N) is 1. The monoisotopic (exact) mass is 346 g/mol. The Labute approximate surface area is 138 Å². The van der Waals surface area contributed by atoms with E-state index in [0.29, 0.717) is 11.4 Å². The molecule has 0 spiro atoms. The van der Waals surface area contributed by atoms with E-state index in [9.17, 15) is 22.8 Å². The van der Waals surface area contributed by atoms with E-state index in [1.165, 1.54) is 11.6 Å². The fraction of sp³-hybridized carbons (Fsp3) is 0.667. The number of carbonyl (C=O) groups is 2. The van der Waals surface area contributed by atoms with Gasteiger partial charge in [0.2, 0.25) is 11.8 Å². The lowest BCUT2D eigenvalue weighted by atomic mass is 9.97. The number of amides is 2. The summed E-state index contributed by atoms with van der Waals surface area (Å²) < 4.78 is 41.2. The number of alkyl halides is 3. The van der Waals surface area contributed by atoms with Crippen LogP contribution >= 0.6 is 0 Å². The number of halogens is 3. The highest BCUT2D eigenvalue weighted by Crippen LogP contribution is 2.32. The summed E-state index contributed by atoms with van der Waals surface area (Å²) in [5.74, 6) is -0.977. The molecule has 0 saturated carbocycles. The molecule has 0 bridgehead atoms. The summed E-state index contributed by atoms with van der Waals surface area (Å²) in [7, 11) is 0. The number of hydrogen-bond acceptors (Lipinski definition) is 3. The summed E-state index contributed by atoms with van der Waals surface area (Å²) in [4.78, 5) is 24.4. The van der Waals surface area contributed by atoms with E-state index in [4.69, 9.17) is 0 Å². The average Bonchev–Trinajstić information content (AvgIpc) is 2.74. The van der Waals surface area contributed by atoms with Gasteiger partial charge >= 0.3 is 6.18 Å². The third-order valence-corrected chi connectivity index (χ3v) is 4.08. The minimum Gasteiger partial charge on any atom is -0.352 e. The summed E-state index contributed by atoms with van der Waals surface area (Å²) in [5.41, 5.74) is 1.40. The lowest BCUT2D eigenvalue weighted by Gasteiger charge is -2.40. The van der Waals surface area contributed by atoms with Gasteiger partial charge in [0.25, 0.3) is 0 Å². The van der Waals surface area contributed by atoms with Crippen LogP contribution in [0, 0.1) is 13.8 Å². The first-order valence-electron chi connectivity index (χ1n) is 7.72. The number of aromatic nitrogens is 2. The van der Waals surface area contributed by atoms with Crippen LogP contribution in [0.25, 0.3) is 0 Å². The van der Waals surface area contributed by atoms with Crippen molar-refractivity contribution in [3.8, 4) is 0 Å². The Bertz CT molecular complexity index is 627. The fourth-order valence-corrected chi connectivity index (χ4v) is 3.05. The van der Waals surface area contributed by atoms with Crippen LogP contribution in [-0.4, -0.2) is 51.3 Å². The maximum atomic E-state index is 13.3. The molecular weight excluding hydrogens is 325 g/mol. The molecule has 9 heteroatoms. The highest BCUT2D eigenvalue weighted by atomic mass is 19.4. The van der Waals surface area contributed by atoms with E-state index < -0.39 is 24.2 Å². The van der Waals surface area contributed by atoms with Gasteiger partial charge in [0.15, 0.2) is 0 Å². The molecule has 1 fully saturated rings. The van der Waals surface area contributed by atoms with E-state index in [0.717, 1.165) is 4.90 Å². The van der Waals surface area contributed by atoms with Crippen molar-refractivity contribution in [1.29, 1.82) is 0 Å². The molecule has 2 amide bonds. The molecule has 24 heavy (non-hydrogen) atoms. The van der Waals surface area contributed by atoms with E-state index in [1.54, 1.807) is 19.9 Å². The number of aryl methyl sites for hydroxylation is 2. The second-order valence-corrected chi connectivity index (χ2v) is 6.16. The smallest absolute Gasteiger partial charge is 0.352 e. The van der Waals surface area contributed by atoms with Crippen LogP contribution in [0.1, 0.15) is 31.2 Å². The Hall–Kier alpha value is -2.06. The van der Waals surface area contributed by atoms with Gasteiger partial charge in [0.05, 0.1) is 5.69 Å². The summed E-state index contributed by atoms with van der Waals surface area (Å²) in [6.07, 6.45) is -4.53. The molecule has 2 rings (SSSR count). The van der Waals surface area contributed by atoms with Crippen molar-refractivity contribution in [3.05, 3.63) is 17.5 Å². The molecule has 1 aromatic heterocycles. The predicted octanol–water partition coefficient (Wildman–Crippen LogP) is 1.56. The second-order valence-electron chi connectivity index (χ2n) is 6.16. The molecule has 1 aliphatic heterocycles. The van der Waals surface area contributed by atoms with Gasteiger partial charge in [-0.3, -0.25) is 14.3 Å². The SMILES string of the molecule is CC(=O)NC1CCC(C(F)(F)F)N(C(=O)Cn2nc(C)cc2C)C1. The molecule has 2 atom stereocenters. The van der Waals surface area contributed by atoms with Gasteiger partial charge in [-0.15, -0.1) is 0 Å². The number of nitrogens with zero attached hydrogens (tertiary/aromatic N) is 3. The third-order valence-electron chi connectivity index (χ3n) is 4.08. The zero-order chi connectivity index (χ0) is 18.1. The zero-order valence-corrected chi connectivity index (χ0v) is 13.9. The van der Waals surface area contributed by atoms with E-state index in [2.05, 4.69) is 10.4 Å². The highest BCUT2D eigenvalue weighted by Gasteiger charge is 2.48. The van der Waals surface area contributed by atoms with Crippen LogP contribution in [0.5, 0.6) is 0 Å². The quantitative estimate of drug-likeness (QED) is 0.903. The van der Waals surface area contributed by atoms with Gasteiger partial charge in [-0.25, -0.2) is 0 Å².